The van der Waals surface area contributed by atoms with E-state index in [0.29, 0.717) is 0 Å². The van der Waals surface area contributed by atoms with E-state index in [9.17, 15) is 19.2 Å². The second kappa shape index (κ2) is 11.1. The minimum Gasteiger partial charge on any atom is -0.481 e. The summed E-state index contributed by atoms with van der Waals surface area (Å²) in [5, 5.41) is 50.7. The average molecular weight is 397 g/mol. The third kappa shape index (κ3) is 7.64. The van der Waals surface area contributed by atoms with Gasteiger partial charge in [0.05, 0.1) is 25.1 Å². The van der Waals surface area contributed by atoms with Crippen LogP contribution in [0.5, 0.6) is 0 Å². The number of aliphatic carboxylic acids is 3. The van der Waals surface area contributed by atoms with Crippen LogP contribution in [0.1, 0.15) is 44.0 Å². The van der Waals surface area contributed by atoms with Crippen molar-refractivity contribution in [3.8, 4) is 6.07 Å². The van der Waals surface area contributed by atoms with E-state index in [1.54, 1.807) is 0 Å². The number of amides is 2. The number of aromatic nitrogens is 4. The topological polar surface area (TPSA) is 220 Å². The molecule has 152 valence electrons. The third-order valence-corrected chi connectivity index (χ3v) is 3.51. The summed E-state index contributed by atoms with van der Waals surface area (Å²) >= 11 is 0. The minimum atomic E-state index is -1.45. The molecule has 0 aliphatic carbocycles. The molecule has 1 aromatic heterocycles. The van der Waals surface area contributed by atoms with Crippen LogP contribution >= 0.6 is 0 Å². The van der Waals surface area contributed by atoms with E-state index in [1.807, 2.05) is 6.07 Å². The highest BCUT2D eigenvalue weighted by Gasteiger charge is 2.25. The zero-order chi connectivity index (χ0) is 21.1. The normalized spacial score (nSPS) is 12.4. The van der Waals surface area contributed by atoms with E-state index in [4.69, 9.17) is 20.6 Å². The summed E-state index contributed by atoms with van der Waals surface area (Å²) in [6.07, 6.45) is -1.16. The van der Waals surface area contributed by atoms with Gasteiger partial charge in [0.2, 0.25) is 0 Å². The van der Waals surface area contributed by atoms with Crippen LogP contribution in [0.4, 0.5) is 4.79 Å². The Kier molecular flexibility index (Phi) is 8.80. The van der Waals surface area contributed by atoms with Gasteiger partial charge in [0.1, 0.15) is 6.04 Å². The Bertz CT molecular complexity index is 757. The molecule has 14 heteroatoms. The van der Waals surface area contributed by atoms with Gasteiger partial charge in [-0.2, -0.15) is 5.26 Å². The van der Waals surface area contributed by atoms with Gasteiger partial charge in [0, 0.05) is 12.8 Å². The molecule has 28 heavy (non-hydrogen) atoms. The third-order valence-electron chi connectivity index (χ3n) is 3.51. The number of hydrogen-bond donors (Lipinski definition) is 5. The van der Waals surface area contributed by atoms with Crippen molar-refractivity contribution < 1.29 is 34.5 Å². The van der Waals surface area contributed by atoms with Crippen LogP contribution in [-0.2, 0) is 20.9 Å². The smallest absolute Gasteiger partial charge is 0.326 e. The number of nitrogens with zero attached hydrogens (tertiary/aromatic N) is 5. The Hall–Kier alpha value is -3.76. The number of hydrogen-bond acceptors (Lipinski definition) is 8. The molecule has 1 aromatic rings. The first kappa shape index (κ1) is 22.3. The molecule has 0 aliphatic heterocycles. The number of aryl methyl sites for hydroxylation is 1. The predicted molar refractivity (Wildman–Crippen MR) is 87.6 cm³/mol. The van der Waals surface area contributed by atoms with Crippen LogP contribution in [0.25, 0.3) is 0 Å². The Labute approximate surface area is 158 Å². The summed E-state index contributed by atoms with van der Waals surface area (Å²) in [4.78, 5) is 44.8. The van der Waals surface area contributed by atoms with E-state index >= 15 is 0 Å². The SMILES string of the molecule is N#CCCn1nnnc1[C@H](CCC(=O)O)NC(=O)N[C@@H](CCC(=O)O)C(=O)O. The highest BCUT2D eigenvalue weighted by atomic mass is 16.4. The lowest BCUT2D eigenvalue weighted by atomic mass is 10.1. The van der Waals surface area contributed by atoms with Gasteiger partial charge in [-0.05, 0) is 23.3 Å². The van der Waals surface area contributed by atoms with Crippen molar-refractivity contribution in [2.75, 3.05) is 0 Å². The molecule has 0 aromatic carbocycles. The number of urea groups is 1. The number of tetrazole rings is 1. The number of carbonyl (C=O) groups is 4. The number of carboxylic acid groups (broad SMARTS) is 3. The molecule has 0 spiro atoms. The first-order valence-electron chi connectivity index (χ1n) is 8.11. The molecule has 14 nitrogen and oxygen atoms in total. The van der Waals surface area contributed by atoms with Gasteiger partial charge in [-0.25, -0.2) is 14.3 Å². The Morgan fingerprint density at radius 3 is 2.29 bits per heavy atom. The molecule has 0 fully saturated rings. The summed E-state index contributed by atoms with van der Waals surface area (Å²) in [6.45, 7) is 0.113. The van der Waals surface area contributed by atoms with Crippen molar-refractivity contribution >= 4 is 23.9 Å². The predicted octanol–water partition coefficient (Wildman–Crippen LogP) is -0.890. The van der Waals surface area contributed by atoms with Gasteiger partial charge in [0.25, 0.3) is 0 Å². The van der Waals surface area contributed by atoms with Gasteiger partial charge in [-0.1, -0.05) is 0 Å². The maximum Gasteiger partial charge on any atom is 0.326 e. The molecule has 0 bridgehead atoms. The van der Waals surface area contributed by atoms with Gasteiger partial charge in [-0.3, -0.25) is 9.59 Å². The van der Waals surface area contributed by atoms with Gasteiger partial charge < -0.3 is 26.0 Å². The fraction of sp³-hybridized carbons (Fsp3) is 0.571. The van der Waals surface area contributed by atoms with Crippen LogP contribution < -0.4 is 10.6 Å². The monoisotopic (exact) mass is 397 g/mol. The maximum absolute atomic E-state index is 12.2. The fourth-order valence-corrected chi connectivity index (χ4v) is 2.19. The summed E-state index contributed by atoms with van der Waals surface area (Å²) in [5.74, 6) is -3.67. The summed E-state index contributed by atoms with van der Waals surface area (Å²) < 4.78 is 1.23. The molecule has 1 heterocycles. The van der Waals surface area contributed by atoms with Gasteiger partial charge in [-0.15, -0.1) is 5.10 Å². The molecule has 0 aliphatic rings. The number of nitriles is 1. The first-order valence-corrected chi connectivity index (χ1v) is 8.11. The Balaban J connectivity index is 2.88. The molecule has 0 radical (unpaired) electrons. The van der Waals surface area contributed by atoms with E-state index < -0.39 is 42.4 Å². The van der Waals surface area contributed by atoms with E-state index in [-0.39, 0.29) is 38.1 Å². The Morgan fingerprint density at radius 2 is 1.71 bits per heavy atom. The molecule has 5 N–H and O–H groups in total. The zero-order valence-electron chi connectivity index (χ0n) is 14.6. The van der Waals surface area contributed by atoms with Crippen LogP contribution in [0, 0.1) is 11.3 Å². The number of rotatable bonds is 12. The largest absolute Gasteiger partial charge is 0.481 e. The number of carboxylic acids is 3. The van der Waals surface area contributed by atoms with Gasteiger partial charge >= 0.3 is 23.9 Å². The van der Waals surface area contributed by atoms with Crippen molar-refractivity contribution in [2.24, 2.45) is 0 Å². The fourth-order valence-electron chi connectivity index (χ4n) is 2.19. The van der Waals surface area contributed by atoms with E-state index in [2.05, 4.69) is 26.2 Å². The quantitative estimate of drug-likeness (QED) is 0.291. The molecular formula is C14H19N7O7. The highest BCUT2D eigenvalue weighted by molar-refractivity contribution is 5.83. The summed E-state index contributed by atoms with van der Waals surface area (Å²) in [5.41, 5.74) is 0. The van der Waals surface area contributed by atoms with Crippen molar-refractivity contribution in [1.82, 2.24) is 30.8 Å². The molecule has 0 saturated heterocycles. The van der Waals surface area contributed by atoms with Crippen LogP contribution in [0.2, 0.25) is 0 Å². The molecule has 0 saturated carbocycles. The van der Waals surface area contributed by atoms with Crippen molar-refractivity contribution in [2.45, 2.75) is 50.7 Å². The van der Waals surface area contributed by atoms with Crippen molar-refractivity contribution in [3.63, 3.8) is 0 Å². The number of nitrogens with one attached hydrogen (secondary N) is 2. The van der Waals surface area contributed by atoms with Crippen molar-refractivity contribution in [1.29, 1.82) is 5.26 Å². The molecular weight excluding hydrogens is 378 g/mol. The molecule has 1 rings (SSSR count). The van der Waals surface area contributed by atoms with Crippen LogP contribution in [0.15, 0.2) is 0 Å². The zero-order valence-corrected chi connectivity index (χ0v) is 14.6. The van der Waals surface area contributed by atoms with Crippen LogP contribution in [0.3, 0.4) is 0 Å². The Morgan fingerprint density at radius 1 is 1.07 bits per heavy atom. The lowest BCUT2D eigenvalue weighted by Crippen LogP contribution is -2.47. The second-order valence-corrected chi connectivity index (χ2v) is 5.59. The van der Waals surface area contributed by atoms with E-state index in [0.717, 1.165) is 0 Å². The summed E-state index contributed by atoms with van der Waals surface area (Å²) in [6, 6.07) is -1.48. The average Bonchev–Trinajstić information content (AvgIpc) is 3.08. The summed E-state index contributed by atoms with van der Waals surface area (Å²) in [7, 11) is 0. The first-order chi connectivity index (χ1) is 13.2. The standard InChI is InChI=1S/C14H19N7O7/c15-6-1-7-21-12(18-19-20-21)8(2-4-10(22)23)16-14(28)17-9(13(26)27)3-5-11(24)25/h8-9H,1-5,7H2,(H,22,23)(H,24,25)(H,26,27)(H2,16,17,28)/t8-,9-/m0/s1. The molecule has 2 amide bonds. The van der Waals surface area contributed by atoms with Gasteiger partial charge in [0.15, 0.2) is 5.82 Å². The lowest BCUT2D eigenvalue weighted by molar-refractivity contribution is -0.140. The van der Waals surface area contributed by atoms with Crippen LogP contribution in [-0.4, -0.2) is 65.5 Å². The molecule has 2 atom stereocenters. The minimum absolute atomic E-state index is 0.0756. The number of carbonyl (C=O) groups excluding carboxylic acids is 1. The van der Waals surface area contributed by atoms with E-state index in [1.165, 1.54) is 4.68 Å². The highest BCUT2D eigenvalue weighted by Crippen LogP contribution is 2.16. The maximum atomic E-state index is 12.2. The molecule has 0 unspecified atom stereocenters. The second-order valence-electron chi connectivity index (χ2n) is 5.59. The van der Waals surface area contributed by atoms with Crippen molar-refractivity contribution in [3.05, 3.63) is 5.82 Å². The lowest BCUT2D eigenvalue weighted by Gasteiger charge is -2.20.